The van der Waals surface area contributed by atoms with Crippen molar-refractivity contribution in [3.05, 3.63) is 34.1 Å². The highest BCUT2D eigenvalue weighted by atomic mass is 19.1. The first-order chi connectivity index (χ1) is 7.95. The van der Waals surface area contributed by atoms with Crippen LogP contribution in [0, 0.1) is 21.8 Å². The molecule has 0 saturated heterocycles. The lowest BCUT2D eigenvalue weighted by Gasteiger charge is -2.21. The zero-order chi connectivity index (χ0) is 13.0. The van der Waals surface area contributed by atoms with Crippen LogP contribution in [0.25, 0.3) is 0 Å². The van der Waals surface area contributed by atoms with Gasteiger partial charge < -0.3 is 10.4 Å². The van der Waals surface area contributed by atoms with Gasteiger partial charge in [0, 0.05) is 6.07 Å². The molecular formula is C11H15FN2O3. The van der Waals surface area contributed by atoms with Gasteiger partial charge in [0.2, 0.25) is 0 Å². The third-order valence-electron chi connectivity index (χ3n) is 2.51. The van der Waals surface area contributed by atoms with Gasteiger partial charge in [-0.2, -0.15) is 0 Å². The van der Waals surface area contributed by atoms with Gasteiger partial charge in [-0.1, -0.05) is 13.8 Å². The number of nitro groups is 1. The Balaban J connectivity index is 2.89. The van der Waals surface area contributed by atoms with Crippen LogP contribution in [0.2, 0.25) is 0 Å². The highest BCUT2D eigenvalue weighted by molar-refractivity contribution is 5.50. The van der Waals surface area contributed by atoms with Crippen LogP contribution < -0.4 is 5.32 Å². The zero-order valence-electron chi connectivity index (χ0n) is 9.68. The molecule has 0 aliphatic rings. The van der Waals surface area contributed by atoms with Gasteiger partial charge in [0.25, 0.3) is 5.69 Å². The molecule has 17 heavy (non-hydrogen) atoms. The summed E-state index contributed by atoms with van der Waals surface area (Å²) in [5, 5.41) is 22.3. The zero-order valence-corrected chi connectivity index (χ0v) is 9.68. The number of benzene rings is 1. The van der Waals surface area contributed by atoms with E-state index < -0.39 is 10.7 Å². The Kier molecular flexibility index (Phi) is 4.39. The first-order valence-electron chi connectivity index (χ1n) is 5.27. The van der Waals surface area contributed by atoms with E-state index in [0.29, 0.717) is 0 Å². The molecule has 6 heteroatoms. The second-order valence-corrected chi connectivity index (χ2v) is 4.10. The Labute approximate surface area is 98.4 Å². The number of aliphatic hydroxyl groups excluding tert-OH is 1. The molecule has 1 aromatic carbocycles. The first kappa shape index (κ1) is 13.4. The number of nitro benzene ring substituents is 1. The number of halogens is 1. The van der Waals surface area contributed by atoms with Crippen LogP contribution in [0.4, 0.5) is 15.8 Å². The molecule has 0 heterocycles. The van der Waals surface area contributed by atoms with E-state index in [4.69, 9.17) is 5.11 Å². The summed E-state index contributed by atoms with van der Waals surface area (Å²) in [5.41, 5.74) is -0.138. The third-order valence-corrected chi connectivity index (χ3v) is 2.51. The molecule has 0 amide bonds. The molecule has 0 bridgehead atoms. The summed E-state index contributed by atoms with van der Waals surface area (Å²) in [6.45, 7) is 3.64. The van der Waals surface area contributed by atoms with E-state index in [1.54, 1.807) is 0 Å². The fourth-order valence-electron chi connectivity index (χ4n) is 1.36. The molecule has 0 unspecified atom stereocenters. The largest absolute Gasteiger partial charge is 0.394 e. The van der Waals surface area contributed by atoms with Crippen LogP contribution in [0.1, 0.15) is 13.8 Å². The molecular weight excluding hydrogens is 227 g/mol. The van der Waals surface area contributed by atoms with Gasteiger partial charge in [-0.25, -0.2) is 4.39 Å². The molecule has 0 aliphatic heterocycles. The van der Waals surface area contributed by atoms with Crippen LogP contribution >= 0.6 is 0 Å². The molecule has 2 N–H and O–H groups in total. The molecule has 0 fully saturated rings. The number of anilines is 1. The van der Waals surface area contributed by atoms with E-state index in [1.807, 2.05) is 13.8 Å². The van der Waals surface area contributed by atoms with Crippen molar-refractivity contribution in [1.82, 2.24) is 0 Å². The van der Waals surface area contributed by atoms with Gasteiger partial charge in [0.15, 0.2) is 5.82 Å². The predicted octanol–water partition coefficient (Wildman–Crippen LogP) is 2.16. The van der Waals surface area contributed by atoms with Crippen LogP contribution in [0.3, 0.4) is 0 Å². The fourth-order valence-corrected chi connectivity index (χ4v) is 1.36. The van der Waals surface area contributed by atoms with Crippen LogP contribution in [0.5, 0.6) is 0 Å². The van der Waals surface area contributed by atoms with Gasteiger partial charge in [-0.05, 0) is 12.0 Å². The highest BCUT2D eigenvalue weighted by Crippen LogP contribution is 2.22. The van der Waals surface area contributed by atoms with Gasteiger partial charge >= 0.3 is 0 Å². The summed E-state index contributed by atoms with van der Waals surface area (Å²) in [4.78, 5) is 9.78. The second-order valence-electron chi connectivity index (χ2n) is 4.10. The smallest absolute Gasteiger partial charge is 0.272 e. The Morgan fingerprint density at radius 3 is 2.59 bits per heavy atom. The highest BCUT2D eigenvalue weighted by Gasteiger charge is 2.16. The Morgan fingerprint density at radius 2 is 2.18 bits per heavy atom. The average Bonchev–Trinajstić information content (AvgIpc) is 2.26. The van der Waals surface area contributed by atoms with Crippen LogP contribution in [0.15, 0.2) is 18.2 Å². The number of aliphatic hydroxyl groups is 1. The van der Waals surface area contributed by atoms with E-state index in [0.717, 1.165) is 6.07 Å². The molecule has 1 aromatic rings. The molecule has 5 nitrogen and oxygen atoms in total. The fraction of sp³-hybridized carbons (Fsp3) is 0.455. The second kappa shape index (κ2) is 5.58. The number of nitrogens with one attached hydrogen (secondary N) is 1. The maximum absolute atomic E-state index is 13.5. The van der Waals surface area contributed by atoms with Crippen LogP contribution in [-0.2, 0) is 0 Å². The molecule has 0 radical (unpaired) electrons. The normalized spacial score (nSPS) is 12.5. The minimum absolute atomic E-state index is 0.120. The standard InChI is InChI=1S/C11H15FN2O3/c1-7(2)11(6-15)13-10-4-3-8(14(16)17)5-9(10)12/h3-5,7,11,13,15H,6H2,1-2H3/t11-/m1/s1. The number of rotatable bonds is 5. The topological polar surface area (TPSA) is 75.4 Å². The van der Waals surface area contributed by atoms with Crippen molar-refractivity contribution in [2.45, 2.75) is 19.9 Å². The van der Waals surface area contributed by atoms with Gasteiger partial charge in [0.1, 0.15) is 0 Å². The summed E-state index contributed by atoms with van der Waals surface area (Å²) >= 11 is 0. The molecule has 0 aromatic heterocycles. The van der Waals surface area contributed by atoms with E-state index in [2.05, 4.69) is 5.32 Å². The lowest BCUT2D eigenvalue weighted by atomic mass is 10.1. The lowest BCUT2D eigenvalue weighted by molar-refractivity contribution is -0.385. The van der Waals surface area contributed by atoms with E-state index >= 15 is 0 Å². The summed E-state index contributed by atoms with van der Waals surface area (Å²) in [6, 6.07) is 3.10. The minimum atomic E-state index is -0.696. The SMILES string of the molecule is CC(C)[C@@H](CO)Nc1ccc([N+](=O)[O-])cc1F. The molecule has 1 atom stereocenters. The van der Waals surface area contributed by atoms with Crippen molar-refractivity contribution < 1.29 is 14.4 Å². The van der Waals surface area contributed by atoms with Crippen molar-refractivity contribution in [3.8, 4) is 0 Å². The lowest BCUT2D eigenvalue weighted by Crippen LogP contribution is -2.29. The summed E-state index contributed by atoms with van der Waals surface area (Å²) < 4.78 is 13.5. The number of nitrogens with zero attached hydrogens (tertiary/aromatic N) is 1. The summed E-state index contributed by atoms with van der Waals surface area (Å²) in [7, 11) is 0. The van der Waals surface area contributed by atoms with E-state index in [1.165, 1.54) is 12.1 Å². The first-order valence-corrected chi connectivity index (χ1v) is 5.27. The number of hydrogen-bond acceptors (Lipinski definition) is 4. The van der Waals surface area contributed by atoms with Crippen molar-refractivity contribution in [3.63, 3.8) is 0 Å². The monoisotopic (exact) mass is 242 g/mol. The summed E-state index contributed by atoms with van der Waals surface area (Å²) in [6.07, 6.45) is 0. The van der Waals surface area contributed by atoms with Crippen LogP contribution in [-0.4, -0.2) is 22.7 Å². The molecule has 94 valence electrons. The summed E-state index contributed by atoms with van der Waals surface area (Å²) in [5.74, 6) is -0.576. The average molecular weight is 242 g/mol. The Morgan fingerprint density at radius 1 is 1.53 bits per heavy atom. The van der Waals surface area contributed by atoms with Crippen molar-refractivity contribution in [1.29, 1.82) is 0 Å². The van der Waals surface area contributed by atoms with Crippen molar-refractivity contribution in [2.75, 3.05) is 11.9 Å². The Bertz CT molecular complexity index is 410. The molecule has 0 saturated carbocycles. The van der Waals surface area contributed by atoms with Gasteiger partial charge in [-0.15, -0.1) is 0 Å². The Hall–Kier alpha value is -1.69. The maximum atomic E-state index is 13.5. The number of non-ortho nitro benzene ring substituents is 1. The van der Waals surface area contributed by atoms with E-state index in [9.17, 15) is 14.5 Å². The predicted molar refractivity (Wildman–Crippen MR) is 62.4 cm³/mol. The third kappa shape index (κ3) is 3.39. The van der Waals surface area contributed by atoms with Crippen molar-refractivity contribution in [2.24, 2.45) is 5.92 Å². The van der Waals surface area contributed by atoms with Gasteiger partial charge in [-0.3, -0.25) is 10.1 Å². The molecule has 1 rings (SSSR count). The quantitative estimate of drug-likeness (QED) is 0.612. The maximum Gasteiger partial charge on any atom is 0.272 e. The van der Waals surface area contributed by atoms with E-state index in [-0.39, 0.29) is 29.9 Å². The minimum Gasteiger partial charge on any atom is -0.394 e. The van der Waals surface area contributed by atoms with Crippen molar-refractivity contribution >= 4 is 11.4 Å². The molecule has 0 aliphatic carbocycles. The number of hydrogen-bond donors (Lipinski definition) is 2. The van der Waals surface area contributed by atoms with Gasteiger partial charge in [0.05, 0.1) is 29.3 Å². The molecule has 0 spiro atoms.